The van der Waals surface area contributed by atoms with Crippen molar-refractivity contribution in [3.8, 4) is 6.07 Å². The summed E-state index contributed by atoms with van der Waals surface area (Å²) in [6.07, 6.45) is 0. The summed E-state index contributed by atoms with van der Waals surface area (Å²) in [7, 11) is 0. The van der Waals surface area contributed by atoms with Crippen molar-refractivity contribution in [3.05, 3.63) is 59.2 Å². The van der Waals surface area contributed by atoms with Crippen molar-refractivity contribution < 1.29 is 9.59 Å². The molecule has 0 aliphatic heterocycles. The highest BCUT2D eigenvalue weighted by molar-refractivity contribution is 6.43. The smallest absolute Gasteiger partial charge is 0.314 e. The number of amides is 2. The number of carbonyl (C=O) groups is 2. The van der Waals surface area contributed by atoms with Crippen LogP contribution in [0.25, 0.3) is 0 Å². The Hall–Kier alpha value is -3.13. The molecule has 2 rings (SSSR count). The van der Waals surface area contributed by atoms with Crippen molar-refractivity contribution in [1.82, 2.24) is 0 Å². The molecule has 110 valence electrons. The Morgan fingerprint density at radius 2 is 1.59 bits per heavy atom. The van der Waals surface area contributed by atoms with Gasteiger partial charge in [-0.15, -0.1) is 0 Å². The second kappa shape index (κ2) is 6.55. The lowest BCUT2D eigenvalue weighted by atomic mass is 10.1. The van der Waals surface area contributed by atoms with Gasteiger partial charge in [-0.3, -0.25) is 9.59 Å². The molecule has 0 aromatic heterocycles. The number of hydrogen-bond acceptors (Lipinski definition) is 3. The summed E-state index contributed by atoms with van der Waals surface area (Å²) in [5.74, 6) is -1.50. The summed E-state index contributed by atoms with van der Waals surface area (Å²) in [4.78, 5) is 23.8. The molecule has 0 heterocycles. The molecular weight excluding hydrogens is 278 g/mol. The molecule has 0 saturated carbocycles. The number of rotatable bonds is 2. The summed E-state index contributed by atoms with van der Waals surface area (Å²) in [5, 5.41) is 13.8. The average Bonchev–Trinajstić information content (AvgIpc) is 2.50. The number of benzene rings is 2. The summed E-state index contributed by atoms with van der Waals surface area (Å²) in [5.41, 5.74) is 3.51. The van der Waals surface area contributed by atoms with Crippen LogP contribution in [0, 0.1) is 25.2 Å². The minimum atomic E-state index is -0.760. The first-order valence-corrected chi connectivity index (χ1v) is 6.69. The van der Waals surface area contributed by atoms with E-state index in [-0.39, 0.29) is 0 Å². The number of anilines is 2. The van der Waals surface area contributed by atoms with E-state index in [4.69, 9.17) is 5.26 Å². The van der Waals surface area contributed by atoms with Gasteiger partial charge in [0.1, 0.15) is 0 Å². The molecule has 5 heteroatoms. The van der Waals surface area contributed by atoms with Gasteiger partial charge in [-0.2, -0.15) is 5.26 Å². The second-order valence-corrected chi connectivity index (χ2v) is 4.92. The van der Waals surface area contributed by atoms with Gasteiger partial charge in [-0.05, 0) is 49.7 Å². The van der Waals surface area contributed by atoms with Crippen LogP contribution < -0.4 is 10.6 Å². The van der Waals surface area contributed by atoms with Crippen LogP contribution >= 0.6 is 0 Å². The van der Waals surface area contributed by atoms with Gasteiger partial charge in [-0.1, -0.05) is 17.7 Å². The quantitative estimate of drug-likeness (QED) is 0.835. The van der Waals surface area contributed by atoms with Crippen molar-refractivity contribution in [2.24, 2.45) is 0 Å². The van der Waals surface area contributed by atoms with E-state index in [0.29, 0.717) is 16.9 Å². The van der Waals surface area contributed by atoms with Gasteiger partial charge in [0, 0.05) is 11.4 Å². The molecule has 2 aromatic rings. The van der Waals surface area contributed by atoms with Crippen molar-refractivity contribution in [2.75, 3.05) is 10.6 Å². The third kappa shape index (κ3) is 3.70. The van der Waals surface area contributed by atoms with Crippen LogP contribution in [0.2, 0.25) is 0 Å². The zero-order chi connectivity index (χ0) is 16.1. The van der Waals surface area contributed by atoms with E-state index in [9.17, 15) is 9.59 Å². The van der Waals surface area contributed by atoms with Gasteiger partial charge >= 0.3 is 11.8 Å². The van der Waals surface area contributed by atoms with Crippen LogP contribution in [0.3, 0.4) is 0 Å². The Labute approximate surface area is 128 Å². The Kier molecular flexibility index (Phi) is 4.54. The average molecular weight is 293 g/mol. The third-order valence-corrected chi connectivity index (χ3v) is 3.11. The number of hydrogen-bond donors (Lipinski definition) is 2. The molecule has 2 aromatic carbocycles. The van der Waals surface area contributed by atoms with E-state index >= 15 is 0 Å². The Morgan fingerprint density at radius 1 is 0.955 bits per heavy atom. The molecule has 2 amide bonds. The van der Waals surface area contributed by atoms with Crippen LogP contribution in [0.15, 0.2) is 42.5 Å². The first-order valence-electron chi connectivity index (χ1n) is 6.69. The number of carbonyl (C=O) groups excluding carboxylic acids is 2. The molecule has 0 unspecified atom stereocenters. The van der Waals surface area contributed by atoms with Crippen LogP contribution in [0.5, 0.6) is 0 Å². The molecule has 0 spiro atoms. The first-order chi connectivity index (χ1) is 10.5. The topological polar surface area (TPSA) is 82.0 Å². The maximum Gasteiger partial charge on any atom is 0.314 e. The van der Waals surface area contributed by atoms with Crippen LogP contribution in [0.1, 0.15) is 16.7 Å². The molecule has 5 nitrogen and oxygen atoms in total. The number of nitrogens with one attached hydrogen (secondary N) is 2. The number of nitriles is 1. The van der Waals surface area contributed by atoms with Gasteiger partial charge in [0.05, 0.1) is 11.6 Å². The van der Waals surface area contributed by atoms with E-state index in [2.05, 4.69) is 10.6 Å². The summed E-state index contributed by atoms with van der Waals surface area (Å²) < 4.78 is 0. The minimum Gasteiger partial charge on any atom is -0.318 e. The minimum absolute atomic E-state index is 0.458. The fraction of sp³-hybridized carbons (Fsp3) is 0.118. The summed E-state index contributed by atoms with van der Waals surface area (Å²) in [6, 6.07) is 13.8. The predicted molar refractivity (Wildman–Crippen MR) is 84.3 cm³/mol. The SMILES string of the molecule is Cc1ccc(NC(=O)C(=O)Nc2ccc(C#N)cc2)c(C)c1. The zero-order valence-electron chi connectivity index (χ0n) is 12.3. The summed E-state index contributed by atoms with van der Waals surface area (Å²) >= 11 is 0. The highest BCUT2D eigenvalue weighted by Crippen LogP contribution is 2.16. The van der Waals surface area contributed by atoms with E-state index in [1.54, 1.807) is 30.3 Å². The summed E-state index contributed by atoms with van der Waals surface area (Å²) in [6.45, 7) is 3.82. The molecule has 0 radical (unpaired) electrons. The lowest BCUT2D eigenvalue weighted by Gasteiger charge is -2.09. The molecular formula is C17H15N3O2. The number of nitrogens with zero attached hydrogens (tertiary/aromatic N) is 1. The van der Waals surface area contributed by atoms with Crippen molar-refractivity contribution >= 4 is 23.2 Å². The lowest BCUT2D eigenvalue weighted by Crippen LogP contribution is -2.29. The van der Waals surface area contributed by atoms with Crippen molar-refractivity contribution in [3.63, 3.8) is 0 Å². The fourth-order valence-corrected chi connectivity index (χ4v) is 1.95. The maximum atomic E-state index is 11.9. The van der Waals surface area contributed by atoms with Gasteiger partial charge in [0.15, 0.2) is 0 Å². The first kappa shape index (κ1) is 15.3. The largest absolute Gasteiger partial charge is 0.318 e. The van der Waals surface area contributed by atoms with Crippen LogP contribution in [0.4, 0.5) is 11.4 Å². The van der Waals surface area contributed by atoms with E-state index in [1.165, 1.54) is 0 Å². The molecule has 2 N–H and O–H groups in total. The normalized spacial score (nSPS) is 9.68. The molecule has 0 aliphatic carbocycles. The zero-order valence-corrected chi connectivity index (χ0v) is 12.3. The molecule has 0 saturated heterocycles. The van der Waals surface area contributed by atoms with Gasteiger partial charge in [0.2, 0.25) is 0 Å². The van der Waals surface area contributed by atoms with E-state index in [0.717, 1.165) is 11.1 Å². The van der Waals surface area contributed by atoms with Crippen LogP contribution in [-0.2, 0) is 9.59 Å². The molecule has 0 bridgehead atoms. The predicted octanol–water partition coefficient (Wildman–Crippen LogP) is 2.75. The van der Waals surface area contributed by atoms with Crippen LogP contribution in [-0.4, -0.2) is 11.8 Å². The molecule has 22 heavy (non-hydrogen) atoms. The van der Waals surface area contributed by atoms with Gasteiger partial charge < -0.3 is 10.6 Å². The Balaban J connectivity index is 2.02. The highest BCUT2D eigenvalue weighted by atomic mass is 16.2. The maximum absolute atomic E-state index is 11.9. The molecule has 0 aliphatic rings. The monoisotopic (exact) mass is 293 g/mol. The Morgan fingerprint density at radius 3 is 2.18 bits per heavy atom. The van der Waals surface area contributed by atoms with Crippen molar-refractivity contribution in [2.45, 2.75) is 13.8 Å². The highest BCUT2D eigenvalue weighted by Gasteiger charge is 2.14. The van der Waals surface area contributed by atoms with E-state index < -0.39 is 11.8 Å². The van der Waals surface area contributed by atoms with Gasteiger partial charge in [-0.25, -0.2) is 0 Å². The Bertz CT molecular complexity index is 758. The number of aryl methyl sites for hydroxylation is 2. The van der Waals surface area contributed by atoms with Gasteiger partial charge in [0.25, 0.3) is 0 Å². The van der Waals surface area contributed by atoms with Crippen molar-refractivity contribution in [1.29, 1.82) is 5.26 Å². The molecule has 0 fully saturated rings. The third-order valence-electron chi connectivity index (χ3n) is 3.11. The lowest BCUT2D eigenvalue weighted by molar-refractivity contribution is -0.133. The molecule has 0 atom stereocenters. The fourth-order valence-electron chi connectivity index (χ4n) is 1.95. The van der Waals surface area contributed by atoms with E-state index in [1.807, 2.05) is 32.0 Å². The second-order valence-electron chi connectivity index (χ2n) is 4.92. The standard InChI is InChI=1S/C17H15N3O2/c1-11-3-8-15(12(2)9-11)20-17(22)16(21)19-14-6-4-13(10-18)5-7-14/h3-9H,1-2H3,(H,19,21)(H,20,22).